The molecule has 0 bridgehead atoms. The molecule has 1 unspecified atom stereocenters. The third-order valence-corrected chi connectivity index (χ3v) is 3.97. The minimum atomic E-state index is 0.345. The van der Waals surface area contributed by atoms with Crippen LogP contribution in [0.5, 0.6) is 0 Å². The van der Waals surface area contributed by atoms with Crippen LogP contribution in [0.3, 0.4) is 0 Å². The Labute approximate surface area is 115 Å². The first kappa shape index (κ1) is 13.7. The summed E-state index contributed by atoms with van der Waals surface area (Å²) in [6.07, 6.45) is 3.79. The fourth-order valence-corrected chi connectivity index (χ4v) is 2.62. The van der Waals surface area contributed by atoms with E-state index in [2.05, 4.69) is 42.3 Å². The molecule has 1 aliphatic rings. The largest absolute Gasteiger partial charge is 0.367 e. The van der Waals surface area contributed by atoms with E-state index in [0.29, 0.717) is 6.04 Å². The summed E-state index contributed by atoms with van der Waals surface area (Å²) in [5.41, 5.74) is 2.45. The Bertz CT molecular complexity index is 401. The standard InChI is InChI=1S/C15H23ClN2/c1-4-9-18(13-6-7-13)15-8-5-12(10-14(15)16)11(2)17-3/h5,8,10-11,13,17H,4,6-7,9H2,1-3H3. The van der Waals surface area contributed by atoms with Crippen molar-refractivity contribution in [1.29, 1.82) is 0 Å². The first-order valence-corrected chi connectivity index (χ1v) is 7.28. The smallest absolute Gasteiger partial charge is 0.0642 e. The molecule has 1 N–H and O–H groups in total. The van der Waals surface area contributed by atoms with Gasteiger partial charge in [-0.05, 0) is 50.9 Å². The molecule has 0 heterocycles. The predicted octanol–water partition coefficient (Wildman–Crippen LogP) is 4.00. The number of hydrogen-bond donors (Lipinski definition) is 1. The van der Waals surface area contributed by atoms with E-state index in [9.17, 15) is 0 Å². The second-order valence-electron chi connectivity index (χ2n) is 5.15. The number of benzene rings is 1. The van der Waals surface area contributed by atoms with Gasteiger partial charge in [0.1, 0.15) is 0 Å². The Kier molecular flexibility index (Phi) is 4.52. The van der Waals surface area contributed by atoms with Crippen molar-refractivity contribution in [2.24, 2.45) is 0 Å². The van der Waals surface area contributed by atoms with Crippen molar-refractivity contribution in [2.45, 2.75) is 45.2 Å². The van der Waals surface area contributed by atoms with Crippen molar-refractivity contribution in [2.75, 3.05) is 18.5 Å². The molecule has 0 aromatic heterocycles. The summed E-state index contributed by atoms with van der Waals surface area (Å²) < 4.78 is 0. The van der Waals surface area contributed by atoms with Gasteiger partial charge in [-0.25, -0.2) is 0 Å². The van der Waals surface area contributed by atoms with Crippen LogP contribution in [0.25, 0.3) is 0 Å². The quantitative estimate of drug-likeness (QED) is 0.837. The fraction of sp³-hybridized carbons (Fsp3) is 0.600. The van der Waals surface area contributed by atoms with Crippen LogP contribution in [0.4, 0.5) is 5.69 Å². The highest BCUT2D eigenvalue weighted by Crippen LogP contribution is 2.36. The van der Waals surface area contributed by atoms with Crippen LogP contribution in [-0.2, 0) is 0 Å². The number of nitrogens with one attached hydrogen (secondary N) is 1. The molecule has 0 radical (unpaired) electrons. The molecular weight excluding hydrogens is 244 g/mol. The summed E-state index contributed by atoms with van der Waals surface area (Å²) in [7, 11) is 1.97. The summed E-state index contributed by atoms with van der Waals surface area (Å²) in [5, 5.41) is 4.13. The van der Waals surface area contributed by atoms with E-state index in [-0.39, 0.29) is 0 Å². The first-order valence-electron chi connectivity index (χ1n) is 6.90. The van der Waals surface area contributed by atoms with Crippen LogP contribution >= 0.6 is 11.6 Å². The van der Waals surface area contributed by atoms with Crippen molar-refractivity contribution >= 4 is 17.3 Å². The van der Waals surface area contributed by atoms with Gasteiger partial charge in [0.05, 0.1) is 10.7 Å². The molecule has 1 aromatic rings. The summed E-state index contributed by atoms with van der Waals surface area (Å²) in [6.45, 7) is 5.47. The Morgan fingerprint density at radius 1 is 1.44 bits per heavy atom. The zero-order valence-corrected chi connectivity index (χ0v) is 12.3. The van der Waals surface area contributed by atoms with E-state index >= 15 is 0 Å². The van der Waals surface area contributed by atoms with Gasteiger partial charge < -0.3 is 10.2 Å². The van der Waals surface area contributed by atoms with Crippen molar-refractivity contribution in [3.63, 3.8) is 0 Å². The van der Waals surface area contributed by atoms with E-state index in [1.807, 2.05) is 7.05 Å². The van der Waals surface area contributed by atoms with E-state index in [0.717, 1.165) is 17.6 Å². The zero-order chi connectivity index (χ0) is 13.1. The predicted molar refractivity (Wildman–Crippen MR) is 79.6 cm³/mol. The highest BCUT2D eigenvalue weighted by Gasteiger charge is 2.29. The van der Waals surface area contributed by atoms with Gasteiger partial charge in [-0.15, -0.1) is 0 Å². The highest BCUT2D eigenvalue weighted by molar-refractivity contribution is 6.33. The highest BCUT2D eigenvalue weighted by atomic mass is 35.5. The van der Waals surface area contributed by atoms with Gasteiger partial charge in [0.15, 0.2) is 0 Å². The van der Waals surface area contributed by atoms with Crippen molar-refractivity contribution in [3.05, 3.63) is 28.8 Å². The maximum atomic E-state index is 6.46. The molecule has 1 aromatic carbocycles. The van der Waals surface area contributed by atoms with Crippen LogP contribution in [0, 0.1) is 0 Å². The number of anilines is 1. The lowest BCUT2D eigenvalue weighted by atomic mass is 10.1. The summed E-state index contributed by atoms with van der Waals surface area (Å²) in [5.74, 6) is 0. The van der Waals surface area contributed by atoms with E-state index in [1.54, 1.807) is 0 Å². The van der Waals surface area contributed by atoms with Crippen LogP contribution in [0.15, 0.2) is 18.2 Å². The van der Waals surface area contributed by atoms with Gasteiger partial charge in [-0.1, -0.05) is 24.6 Å². The van der Waals surface area contributed by atoms with Crippen molar-refractivity contribution in [1.82, 2.24) is 5.32 Å². The lowest BCUT2D eigenvalue weighted by Crippen LogP contribution is -2.26. The molecule has 2 nitrogen and oxygen atoms in total. The average Bonchev–Trinajstić information content (AvgIpc) is 3.19. The lowest BCUT2D eigenvalue weighted by molar-refractivity contribution is 0.652. The first-order chi connectivity index (χ1) is 8.67. The third kappa shape index (κ3) is 2.99. The molecule has 0 saturated heterocycles. The molecule has 18 heavy (non-hydrogen) atoms. The van der Waals surface area contributed by atoms with Crippen molar-refractivity contribution in [3.8, 4) is 0 Å². The Balaban J connectivity index is 2.22. The third-order valence-electron chi connectivity index (χ3n) is 3.67. The van der Waals surface area contributed by atoms with E-state index < -0.39 is 0 Å². The Morgan fingerprint density at radius 3 is 2.67 bits per heavy atom. The number of halogens is 1. The molecule has 1 atom stereocenters. The number of rotatable bonds is 6. The molecule has 1 fully saturated rings. The Morgan fingerprint density at radius 2 is 2.17 bits per heavy atom. The molecule has 0 aliphatic heterocycles. The summed E-state index contributed by atoms with van der Waals surface area (Å²) in [4.78, 5) is 2.47. The van der Waals surface area contributed by atoms with Crippen LogP contribution in [0.2, 0.25) is 5.02 Å². The molecule has 0 amide bonds. The second-order valence-corrected chi connectivity index (χ2v) is 5.55. The molecule has 100 valence electrons. The van der Waals surface area contributed by atoms with Crippen molar-refractivity contribution < 1.29 is 0 Å². The monoisotopic (exact) mass is 266 g/mol. The van der Waals surface area contributed by atoms with E-state index in [1.165, 1.54) is 30.5 Å². The number of nitrogens with zero attached hydrogens (tertiary/aromatic N) is 1. The zero-order valence-electron chi connectivity index (χ0n) is 11.5. The second kappa shape index (κ2) is 5.94. The molecule has 0 spiro atoms. The van der Waals surface area contributed by atoms with Gasteiger partial charge >= 0.3 is 0 Å². The maximum absolute atomic E-state index is 6.46. The van der Waals surface area contributed by atoms with Gasteiger partial charge in [0.2, 0.25) is 0 Å². The van der Waals surface area contributed by atoms with Crippen LogP contribution in [0.1, 0.15) is 44.7 Å². The average molecular weight is 267 g/mol. The van der Waals surface area contributed by atoms with E-state index in [4.69, 9.17) is 11.6 Å². The van der Waals surface area contributed by atoms with Gasteiger partial charge in [0, 0.05) is 18.6 Å². The van der Waals surface area contributed by atoms with Gasteiger partial charge in [-0.3, -0.25) is 0 Å². The summed E-state index contributed by atoms with van der Waals surface area (Å²) in [6, 6.07) is 7.53. The molecular formula is C15H23ClN2. The molecule has 1 saturated carbocycles. The van der Waals surface area contributed by atoms with Crippen LogP contribution < -0.4 is 10.2 Å². The van der Waals surface area contributed by atoms with Crippen LogP contribution in [-0.4, -0.2) is 19.6 Å². The van der Waals surface area contributed by atoms with Gasteiger partial charge in [-0.2, -0.15) is 0 Å². The topological polar surface area (TPSA) is 15.3 Å². The lowest BCUT2D eigenvalue weighted by Gasteiger charge is -2.26. The molecule has 3 heteroatoms. The fourth-order valence-electron chi connectivity index (χ4n) is 2.32. The maximum Gasteiger partial charge on any atom is 0.0642 e. The summed E-state index contributed by atoms with van der Waals surface area (Å²) >= 11 is 6.46. The minimum Gasteiger partial charge on any atom is -0.367 e. The number of hydrogen-bond acceptors (Lipinski definition) is 2. The van der Waals surface area contributed by atoms with Gasteiger partial charge in [0.25, 0.3) is 0 Å². The Hall–Kier alpha value is -0.730. The SMILES string of the molecule is CCCN(c1ccc(C(C)NC)cc1Cl)C1CC1. The molecule has 1 aliphatic carbocycles. The minimum absolute atomic E-state index is 0.345. The normalized spacial score (nSPS) is 16.7. The molecule has 2 rings (SSSR count).